The first-order valence-electron chi connectivity index (χ1n) is 6.24. The first kappa shape index (κ1) is 12.2. The quantitative estimate of drug-likeness (QED) is 0.841. The van der Waals surface area contributed by atoms with Crippen molar-refractivity contribution >= 4 is 17.7 Å². The minimum Gasteiger partial charge on any atom is -0.322 e. The normalized spacial score (nSPS) is 18.5. The summed E-state index contributed by atoms with van der Waals surface area (Å²) in [5, 5.41) is 0.0846. The highest BCUT2D eigenvalue weighted by Gasteiger charge is 2.31. The van der Waals surface area contributed by atoms with Crippen molar-refractivity contribution in [3.63, 3.8) is 0 Å². The van der Waals surface area contributed by atoms with E-state index < -0.39 is 0 Å². The molecule has 1 saturated heterocycles. The Bertz CT molecular complexity index is 559. The molecular weight excluding hydrogens is 256 g/mol. The minimum atomic E-state index is 0.0846. The number of pyridine rings is 1. The van der Waals surface area contributed by atoms with Crippen LogP contribution >= 0.6 is 11.8 Å². The molecule has 0 aliphatic carbocycles. The lowest BCUT2D eigenvalue weighted by Crippen LogP contribution is -2.30. The zero-order chi connectivity index (χ0) is 13.1. The predicted molar refractivity (Wildman–Crippen MR) is 76.9 cm³/mol. The molecule has 0 unspecified atom stereocenters. The number of hydrogen-bond donors (Lipinski definition) is 0. The summed E-state index contributed by atoms with van der Waals surface area (Å²) in [6.07, 6.45) is 3.60. The topological polar surface area (TPSA) is 33.2 Å². The van der Waals surface area contributed by atoms with Crippen LogP contribution in [0, 0.1) is 0 Å². The molecule has 1 aliphatic rings. The van der Waals surface area contributed by atoms with Gasteiger partial charge >= 0.3 is 0 Å². The molecule has 1 fully saturated rings. The molecule has 3 rings (SSSR count). The van der Waals surface area contributed by atoms with Gasteiger partial charge in [-0.05, 0) is 18.2 Å². The van der Waals surface area contributed by atoms with E-state index in [4.69, 9.17) is 0 Å². The summed E-state index contributed by atoms with van der Waals surface area (Å²) in [5.74, 6) is 1.07. The molecule has 0 radical (unpaired) electrons. The van der Waals surface area contributed by atoms with E-state index in [1.165, 1.54) is 0 Å². The van der Waals surface area contributed by atoms with Crippen LogP contribution in [0.25, 0.3) is 0 Å². The van der Waals surface area contributed by atoms with Crippen LogP contribution in [-0.4, -0.2) is 28.1 Å². The largest absolute Gasteiger partial charge is 0.322 e. The van der Waals surface area contributed by atoms with E-state index in [-0.39, 0.29) is 11.3 Å². The fourth-order valence-corrected chi connectivity index (χ4v) is 3.46. The van der Waals surface area contributed by atoms with Crippen molar-refractivity contribution < 1.29 is 4.79 Å². The fourth-order valence-electron chi connectivity index (χ4n) is 2.22. The Morgan fingerprint density at radius 2 is 2.05 bits per heavy atom. The molecule has 1 amide bonds. The highest BCUT2D eigenvalue weighted by Crippen LogP contribution is 2.38. The van der Waals surface area contributed by atoms with Crippen LogP contribution in [0.3, 0.4) is 0 Å². The number of rotatable bonds is 2. The van der Waals surface area contributed by atoms with Gasteiger partial charge in [0.25, 0.3) is 5.91 Å². The molecule has 4 heteroatoms. The van der Waals surface area contributed by atoms with Crippen molar-refractivity contribution in [2.75, 3.05) is 12.3 Å². The molecule has 1 aromatic heterocycles. The van der Waals surface area contributed by atoms with Crippen molar-refractivity contribution in [1.29, 1.82) is 0 Å². The molecule has 0 saturated carbocycles. The van der Waals surface area contributed by atoms with Gasteiger partial charge in [0.2, 0.25) is 0 Å². The van der Waals surface area contributed by atoms with Crippen LogP contribution in [0.2, 0.25) is 0 Å². The van der Waals surface area contributed by atoms with Gasteiger partial charge in [0.15, 0.2) is 0 Å². The smallest absolute Gasteiger partial charge is 0.255 e. The molecule has 3 nitrogen and oxygen atoms in total. The molecule has 1 aromatic carbocycles. The number of thioether (sulfide) groups is 1. The van der Waals surface area contributed by atoms with Crippen molar-refractivity contribution in [1.82, 2.24) is 9.88 Å². The predicted octanol–water partition coefficient (Wildman–Crippen LogP) is 2.97. The second-order valence-electron chi connectivity index (χ2n) is 4.37. The minimum absolute atomic E-state index is 0.0846. The van der Waals surface area contributed by atoms with E-state index in [2.05, 4.69) is 4.98 Å². The van der Waals surface area contributed by atoms with E-state index in [9.17, 15) is 4.79 Å². The summed E-state index contributed by atoms with van der Waals surface area (Å²) in [6.45, 7) is 0.790. The zero-order valence-electron chi connectivity index (χ0n) is 10.4. The van der Waals surface area contributed by atoms with Crippen molar-refractivity contribution in [2.24, 2.45) is 0 Å². The third-order valence-corrected chi connectivity index (χ3v) is 4.40. The Morgan fingerprint density at radius 3 is 2.79 bits per heavy atom. The standard InChI is InChI=1S/C15H14N2OS/c18-14(12-5-2-1-3-6-12)17-9-10-19-15(17)13-7-4-8-16-11-13/h1-8,11,15H,9-10H2/t15-/m0/s1. The molecule has 96 valence electrons. The van der Waals surface area contributed by atoms with Gasteiger partial charge in [0.05, 0.1) is 0 Å². The van der Waals surface area contributed by atoms with Gasteiger partial charge in [-0.3, -0.25) is 9.78 Å². The number of aromatic nitrogens is 1. The maximum Gasteiger partial charge on any atom is 0.255 e. The van der Waals surface area contributed by atoms with Crippen molar-refractivity contribution in [3.05, 3.63) is 66.0 Å². The van der Waals surface area contributed by atoms with Gasteiger partial charge < -0.3 is 4.90 Å². The van der Waals surface area contributed by atoms with Crippen LogP contribution < -0.4 is 0 Å². The number of nitrogens with zero attached hydrogens (tertiary/aromatic N) is 2. The molecule has 1 atom stereocenters. The monoisotopic (exact) mass is 270 g/mol. The summed E-state index contributed by atoms with van der Waals surface area (Å²) in [4.78, 5) is 18.6. The number of amides is 1. The van der Waals surface area contributed by atoms with E-state index in [0.717, 1.165) is 23.4 Å². The van der Waals surface area contributed by atoms with Gasteiger partial charge in [-0.2, -0.15) is 0 Å². The zero-order valence-corrected chi connectivity index (χ0v) is 11.2. The third-order valence-electron chi connectivity index (χ3n) is 3.14. The average Bonchev–Trinajstić information content (AvgIpc) is 2.98. The van der Waals surface area contributed by atoms with E-state index in [1.807, 2.05) is 53.6 Å². The SMILES string of the molecule is O=C(c1ccccc1)N1CCS[C@H]1c1cccnc1. The lowest BCUT2D eigenvalue weighted by Gasteiger charge is -2.23. The third kappa shape index (κ3) is 2.49. The highest BCUT2D eigenvalue weighted by atomic mass is 32.2. The Kier molecular flexibility index (Phi) is 3.51. The van der Waals surface area contributed by atoms with Gasteiger partial charge in [0, 0.05) is 35.8 Å². The maximum atomic E-state index is 12.5. The van der Waals surface area contributed by atoms with Crippen LogP contribution in [0.5, 0.6) is 0 Å². The first-order valence-corrected chi connectivity index (χ1v) is 7.29. The molecule has 0 N–H and O–H groups in total. The molecule has 0 bridgehead atoms. The number of carbonyl (C=O) groups is 1. The average molecular weight is 270 g/mol. The molecule has 2 heterocycles. The van der Waals surface area contributed by atoms with Gasteiger partial charge in [-0.1, -0.05) is 24.3 Å². The van der Waals surface area contributed by atoms with Crippen molar-refractivity contribution in [3.8, 4) is 0 Å². The summed E-state index contributed by atoms with van der Waals surface area (Å²) in [7, 11) is 0. The molecule has 19 heavy (non-hydrogen) atoms. The van der Waals surface area contributed by atoms with Gasteiger partial charge in [-0.25, -0.2) is 0 Å². The van der Waals surface area contributed by atoms with Gasteiger partial charge in [-0.15, -0.1) is 11.8 Å². The number of benzene rings is 1. The lowest BCUT2D eigenvalue weighted by molar-refractivity contribution is 0.0760. The Balaban J connectivity index is 1.86. The van der Waals surface area contributed by atoms with E-state index in [0.29, 0.717) is 0 Å². The summed E-state index contributed by atoms with van der Waals surface area (Å²) in [6, 6.07) is 13.4. The summed E-state index contributed by atoms with van der Waals surface area (Å²) < 4.78 is 0. The Morgan fingerprint density at radius 1 is 1.21 bits per heavy atom. The highest BCUT2D eigenvalue weighted by molar-refractivity contribution is 7.99. The molecular formula is C15H14N2OS. The van der Waals surface area contributed by atoms with Gasteiger partial charge in [0.1, 0.15) is 5.37 Å². The van der Waals surface area contributed by atoms with E-state index in [1.54, 1.807) is 18.0 Å². The summed E-state index contributed by atoms with van der Waals surface area (Å²) in [5.41, 5.74) is 1.84. The summed E-state index contributed by atoms with van der Waals surface area (Å²) >= 11 is 1.79. The fraction of sp³-hybridized carbons (Fsp3) is 0.200. The lowest BCUT2D eigenvalue weighted by atomic mass is 10.2. The number of carbonyl (C=O) groups excluding carboxylic acids is 1. The number of hydrogen-bond acceptors (Lipinski definition) is 3. The Hall–Kier alpha value is -1.81. The second-order valence-corrected chi connectivity index (χ2v) is 5.56. The van der Waals surface area contributed by atoms with Crippen LogP contribution in [0.4, 0.5) is 0 Å². The first-order chi connectivity index (χ1) is 9.36. The molecule has 2 aromatic rings. The van der Waals surface area contributed by atoms with Crippen LogP contribution in [0.15, 0.2) is 54.9 Å². The molecule has 0 spiro atoms. The van der Waals surface area contributed by atoms with E-state index >= 15 is 0 Å². The molecule has 1 aliphatic heterocycles. The Labute approximate surface area is 116 Å². The van der Waals surface area contributed by atoms with Crippen LogP contribution in [0.1, 0.15) is 21.3 Å². The van der Waals surface area contributed by atoms with Crippen molar-refractivity contribution in [2.45, 2.75) is 5.37 Å². The maximum absolute atomic E-state index is 12.5. The second kappa shape index (κ2) is 5.45. The van der Waals surface area contributed by atoms with Crippen LogP contribution in [-0.2, 0) is 0 Å².